The van der Waals surface area contributed by atoms with E-state index in [1.165, 1.54) is 0 Å². The Balaban J connectivity index is 1.88. The molecule has 1 aliphatic rings. The molecule has 0 aromatic rings. The van der Waals surface area contributed by atoms with Gasteiger partial charge in [0, 0.05) is 24.7 Å². The zero-order valence-corrected chi connectivity index (χ0v) is 10.3. The zero-order valence-electron chi connectivity index (χ0n) is 10.3. The lowest BCUT2D eigenvalue weighted by Crippen LogP contribution is -2.39. The van der Waals surface area contributed by atoms with Crippen LogP contribution in [0.5, 0.6) is 0 Å². The standard InChI is InChI=1S/C12H25NO3/c1-12(13,10-14)5-2-3-6-15-8-11-4-7-16-9-11/h11,14H,2-10,13H2,1H3. The Morgan fingerprint density at radius 1 is 1.50 bits per heavy atom. The summed E-state index contributed by atoms with van der Waals surface area (Å²) in [5.74, 6) is 0.595. The number of aliphatic hydroxyl groups excluding tert-OH is 1. The summed E-state index contributed by atoms with van der Waals surface area (Å²) >= 11 is 0. The van der Waals surface area contributed by atoms with Crippen molar-refractivity contribution in [1.82, 2.24) is 0 Å². The fourth-order valence-electron chi connectivity index (χ4n) is 1.78. The quantitative estimate of drug-likeness (QED) is 0.610. The predicted octanol–water partition coefficient (Wildman–Crippen LogP) is 0.919. The van der Waals surface area contributed by atoms with Gasteiger partial charge in [0.05, 0.1) is 19.8 Å². The maximum atomic E-state index is 8.97. The summed E-state index contributed by atoms with van der Waals surface area (Å²) in [6, 6.07) is 0. The van der Waals surface area contributed by atoms with E-state index in [-0.39, 0.29) is 6.61 Å². The average Bonchev–Trinajstić information content (AvgIpc) is 2.76. The van der Waals surface area contributed by atoms with Gasteiger partial charge in [0.15, 0.2) is 0 Å². The van der Waals surface area contributed by atoms with Crippen LogP contribution in [0.25, 0.3) is 0 Å². The van der Waals surface area contributed by atoms with E-state index in [4.69, 9.17) is 20.3 Å². The number of ether oxygens (including phenoxy) is 2. The summed E-state index contributed by atoms with van der Waals surface area (Å²) in [6.07, 6.45) is 4.00. The van der Waals surface area contributed by atoms with Gasteiger partial charge in [0.1, 0.15) is 0 Å². The maximum absolute atomic E-state index is 8.97. The molecular formula is C12H25NO3. The van der Waals surface area contributed by atoms with Crippen LogP contribution in [0.4, 0.5) is 0 Å². The Morgan fingerprint density at radius 2 is 2.31 bits per heavy atom. The molecule has 3 N–H and O–H groups in total. The van der Waals surface area contributed by atoms with Crippen LogP contribution in [0.2, 0.25) is 0 Å². The Kier molecular flexibility index (Phi) is 6.28. The molecule has 1 fully saturated rings. The summed E-state index contributed by atoms with van der Waals surface area (Å²) in [5, 5.41) is 8.97. The van der Waals surface area contributed by atoms with Gasteiger partial charge in [-0.3, -0.25) is 0 Å². The van der Waals surface area contributed by atoms with Crippen molar-refractivity contribution in [3.05, 3.63) is 0 Å². The van der Waals surface area contributed by atoms with Crippen molar-refractivity contribution in [1.29, 1.82) is 0 Å². The second kappa shape index (κ2) is 7.22. The molecule has 0 saturated carbocycles. The number of nitrogens with two attached hydrogens (primary N) is 1. The number of unbranched alkanes of at least 4 members (excludes halogenated alkanes) is 1. The first kappa shape index (κ1) is 13.9. The van der Waals surface area contributed by atoms with E-state index in [2.05, 4.69) is 0 Å². The molecule has 16 heavy (non-hydrogen) atoms. The molecule has 0 aromatic heterocycles. The van der Waals surface area contributed by atoms with Gasteiger partial charge in [0.25, 0.3) is 0 Å². The molecule has 0 spiro atoms. The largest absolute Gasteiger partial charge is 0.394 e. The third-order valence-corrected chi connectivity index (χ3v) is 3.03. The molecule has 2 atom stereocenters. The molecule has 0 radical (unpaired) electrons. The molecule has 1 aliphatic heterocycles. The predicted molar refractivity (Wildman–Crippen MR) is 63.3 cm³/mol. The molecule has 4 heteroatoms. The first-order valence-corrected chi connectivity index (χ1v) is 6.19. The summed E-state index contributed by atoms with van der Waals surface area (Å²) in [6.45, 7) is 5.27. The maximum Gasteiger partial charge on any atom is 0.0608 e. The van der Waals surface area contributed by atoms with Gasteiger partial charge >= 0.3 is 0 Å². The Hall–Kier alpha value is -0.160. The van der Waals surface area contributed by atoms with Gasteiger partial charge in [-0.1, -0.05) is 0 Å². The molecular weight excluding hydrogens is 206 g/mol. The van der Waals surface area contributed by atoms with Crippen LogP contribution in [-0.2, 0) is 9.47 Å². The van der Waals surface area contributed by atoms with Crippen LogP contribution in [0.15, 0.2) is 0 Å². The second-order valence-corrected chi connectivity index (χ2v) is 5.07. The third-order valence-electron chi connectivity index (χ3n) is 3.03. The van der Waals surface area contributed by atoms with E-state index >= 15 is 0 Å². The highest BCUT2D eigenvalue weighted by molar-refractivity contribution is 4.76. The molecule has 0 aromatic carbocycles. The average molecular weight is 231 g/mol. The van der Waals surface area contributed by atoms with Gasteiger partial charge < -0.3 is 20.3 Å². The fraction of sp³-hybridized carbons (Fsp3) is 1.00. The summed E-state index contributed by atoms with van der Waals surface area (Å²) < 4.78 is 10.9. The highest BCUT2D eigenvalue weighted by Crippen LogP contribution is 2.13. The number of rotatable bonds is 8. The zero-order chi connectivity index (χ0) is 11.9. The fourth-order valence-corrected chi connectivity index (χ4v) is 1.78. The first-order valence-electron chi connectivity index (χ1n) is 6.19. The molecule has 0 aliphatic carbocycles. The highest BCUT2D eigenvalue weighted by atomic mass is 16.5. The van der Waals surface area contributed by atoms with Crippen LogP contribution in [0.3, 0.4) is 0 Å². The van der Waals surface area contributed by atoms with Crippen LogP contribution in [-0.4, -0.2) is 43.7 Å². The van der Waals surface area contributed by atoms with Crippen LogP contribution in [0.1, 0.15) is 32.6 Å². The molecule has 2 unspecified atom stereocenters. The topological polar surface area (TPSA) is 64.7 Å². The molecule has 96 valence electrons. The van der Waals surface area contributed by atoms with Gasteiger partial charge in [-0.05, 0) is 32.6 Å². The van der Waals surface area contributed by atoms with E-state index in [0.717, 1.165) is 52.1 Å². The molecule has 0 amide bonds. The van der Waals surface area contributed by atoms with Crippen LogP contribution < -0.4 is 5.73 Å². The monoisotopic (exact) mass is 231 g/mol. The Morgan fingerprint density at radius 3 is 2.94 bits per heavy atom. The first-order chi connectivity index (χ1) is 7.64. The lowest BCUT2D eigenvalue weighted by Gasteiger charge is -2.21. The Bertz CT molecular complexity index is 179. The van der Waals surface area contributed by atoms with Crippen molar-refractivity contribution in [2.24, 2.45) is 11.7 Å². The number of hydrogen-bond donors (Lipinski definition) is 2. The minimum atomic E-state index is -0.431. The van der Waals surface area contributed by atoms with E-state index < -0.39 is 5.54 Å². The second-order valence-electron chi connectivity index (χ2n) is 5.07. The minimum Gasteiger partial charge on any atom is -0.394 e. The molecule has 4 nitrogen and oxygen atoms in total. The van der Waals surface area contributed by atoms with E-state index in [1.54, 1.807) is 0 Å². The summed E-state index contributed by atoms with van der Waals surface area (Å²) in [4.78, 5) is 0. The normalized spacial score (nSPS) is 24.6. The van der Waals surface area contributed by atoms with E-state index in [1.807, 2.05) is 6.92 Å². The summed E-state index contributed by atoms with van der Waals surface area (Å²) in [5.41, 5.74) is 5.39. The Labute approximate surface area is 98.1 Å². The minimum absolute atomic E-state index is 0.0489. The number of hydrogen-bond acceptors (Lipinski definition) is 4. The lowest BCUT2D eigenvalue weighted by atomic mass is 9.97. The van der Waals surface area contributed by atoms with E-state index in [0.29, 0.717) is 5.92 Å². The van der Waals surface area contributed by atoms with Gasteiger partial charge in [-0.2, -0.15) is 0 Å². The summed E-state index contributed by atoms with van der Waals surface area (Å²) in [7, 11) is 0. The van der Waals surface area contributed by atoms with Gasteiger partial charge in [-0.25, -0.2) is 0 Å². The van der Waals surface area contributed by atoms with Crippen LogP contribution in [0, 0.1) is 5.92 Å². The highest BCUT2D eigenvalue weighted by Gasteiger charge is 2.17. The smallest absolute Gasteiger partial charge is 0.0608 e. The third kappa shape index (κ3) is 5.80. The van der Waals surface area contributed by atoms with Crippen LogP contribution >= 0.6 is 0 Å². The van der Waals surface area contributed by atoms with Crippen molar-refractivity contribution in [2.75, 3.05) is 33.0 Å². The van der Waals surface area contributed by atoms with Crippen molar-refractivity contribution in [2.45, 2.75) is 38.1 Å². The van der Waals surface area contributed by atoms with Crippen molar-refractivity contribution >= 4 is 0 Å². The van der Waals surface area contributed by atoms with Crippen molar-refractivity contribution in [3.8, 4) is 0 Å². The molecule has 0 bridgehead atoms. The van der Waals surface area contributed by atoms with Gasteiger partial charge in [-0.15, -0.1) is 0 Å². The van der Waals surface area contributed by atoms with Gasteiger partial charge in [0.2, 0.25) is 0 Å². The van der Waals surface area contributed by atoms with Crippen molar-refractivity contribution in [3.63, 3.8) is 0 Å². The number of aliphatic hydroxyl groups is 1. The lowest BCUT2D eigenvalue weighted by molar-refractivity contribution is 0.0855. The molecule has 1 saturated heterocycles. The molecule has 1 heterocycles. The van der Waals surface area contributed by atoms with E-state index in [9.17, 15) is 0 Å². The SMILES string of the molecule is CC(N)(CO)CCCCOCC1CCOC1. The molecule has 1 rings (SSSR count). The van der Waals surface area contributed by atoms with Crippen molar-refractivity contribution < 1.29 is 14.6 Å².